The summed E-state index contributed by atoms with van der Waals surface area (Å²) in [6.07, 6.45) is 5.42. The van der Waals surface area contributed by atoms with Crippen LogP contribution >= 0.6 is 0 Å². The predicted molar refractivity (Wildman–Crippen MR) is 72.6 cm³/mol. The molecule has 3 N–H and O–H groups in total. The maximum absolute atomic E-state index is 12.2. The zero-order valence-electron chi connectivity index (χ0n) is 11.8. The Hall–Kier alpha value is -0.650. The Morgan fingerprint density at radius 3 is 3.05 bits per heavy atom. The van der Waals surface area contributed by atoms with E-state index in [0.29, 0.717) is 32.5 Å². The number of fused-ring (bicyclic) bond motifs is 1. The molecular weight excluding hydrogens is 244 g/mol. The molecule has 0 bridgehead atoms. The molecule has 1 aliphatic heterocycles. The van der Waals surface area contributed by atoms with E-state index in [1.54, 1.807) is 7.11 Å². The summed E-state index contributed by atoms with van der Waals surface area (Å²) in [5.74, 6) is 0.234. The van der Waals surface area contributed by atoms with Crippen LogP contribution < -0.4 is 5.73 Å². The molecule has 0 radical (unpaired) electrons. The topological polar surface area (TPSA) is 75.8 Å². The zero-order valence-corrected chi connectivity index (χ0v) is 11.8. The summed E-state index contributed by atoms with van der Waals surface area (Å²) < 4.78 is 4.96. The van der Waals surface area contributed by atoms with Crippen molar-refractivity contribution in [3.05, 3.63) is 0 Å². The molecule has 19 heavy (non-hydrogen) atoms. The smallest absolute Gasteiger partial charge is 0.239 e. The van der Waals surface area contributed by atoms with Gasteiger partial charge in [-0.15, -0.1) is 0 Å². The first-order valence-electron chi connectivity index (χ1n) is 7.32. The highest BCUT2D eigenvalue weighted by molar-refractivity contribution is 5.81. The molecule has 0 aromatic rings. The number of piperidine rings is 1. The Balaban J connectivity index is 1.91. The van der Waals surface area contributed by atoms with Crippen LogP contribution in [0.4, 0.5) is 0 Å². The molecule has 1 saturated heterocycles. The lowest BCUT2D eigenvalue weighted by atomic mass is 9.71. The molecule has 2 rings (SSSR count). The molecule has 2 fully saturated rings. The zero-order chi connectivity index (χ0) is 13.9. The van der Waals surface area contributed by atoms with Crippen molar-refractivity contribution in [2.24, 2.45) is 11.7 Å². The van der Waals surface area contributed by atoms with Crippen LogP contribution in [0, 0.1) is 5.92 Å². The van der Waals surface area contributed by atoms with E-state index in [-0.39, 0.29) is 11.8 Å². The summed E-state index contributed by atoms with van der Waals surface area (Å²) in [6, 6.07) is -0.477. The average molecular weight is 270 g/mol. The fourth-order valence-electron chi connectivity index (χ4n) is 3.37. The van der Waals surface area contributed by atoms with Gasteiger partial charge >= 0.3 is 0 Å². The fourth-order valence-corrected chi connectivity index (χ4v) is 3.37. The summed E-state index contributed by atoms with van der Waals surface area (Å²) >= 11 is 0. The lowest BCUT2D eigenvalue weighted by molar-refractivity contribution is -0.145. The summed E-state index contributed by atoms with van der Waals surface area (Å²) in [5.41, 5.74) is 5.37. The van der Waals surface area contributed by atoms with Gasteiger partial charge in [0, 0.05) is 32.7 Å². The van der Waals surface area contributed by atoms with Crippen molar-refractivity contribution in [2.75, 3.05) is 26.8 Å². The van der Waals surface area contributed by atoms with Gasteiger partial charge in [0.25, 0.3) is 0 Å². The standard InChI is InChI=1S/C14H26N2O3/c1-19-9-5-12(15)13(17)16-8-7-14(18)6-3-2-4-11(14)10-16/h11-12,18H,2-10,15H2,1H3. The van der Waals surface area contributed by atoms with Gasteiger partial charge in [-0.05, 0) is 25.7 Å². The van der Waals surface area contributed by atoms with Crippen LogP contribution in [0.3, 0.4) is 0 Å². The second kappa shape index (κ2) is 6.20. The number of nitrogens with two attached hydrogens (primary N) is 1. The van der Waals surface area contributed by atoms with Crippen molar-refractivity contribution in [2.45, 2.75) is 50.2 Å². The van der Waals surface area contributed by atoms with Crippen molar-refractivity contribution in [1.29, 1.82) is 0 Å². The maximum Gasteiger partial charge on any atom is 0.239 e. The average Bonchev–Trinajstić information content (AvgIpc) is 2.42. The van der Waals surface area contributed by atoms with Gasteiger partial charge in [-0.3, -0.25) is 4.79 Å². The molecule has 3 atom stereocenters. The number of hydrogen-bond acceptors (Lipinski definition) is 4. The molecule has 0 aromatic carbocycles. The van der Waals surface area contributed by atoms with Gasteiger partial charge in [-0.2, -0.15) is 0 Å². The summed E-state index contributed by atoms with van der Waals surface area (Å²) in [7, 11) is 1.61. The number of ether oxygens (including phenoxy) is 1. The molecule has 1 heterocycles. The SMILES string of the molecule is COCCC(N)C(=O)N1CCC2(O)CCCCC2C1. The largest absolute Gasteiger partial charge is 0.389 e. The number of carbonyl (C=O) groups excluding carboxylic acids is 1. The first-order chi connectivity index (χ1) is 9.07. The summed E-state index contributed by atoms with van der Waals surface area (Å²) in [4.78, 5) is 14.1. The molecule has 110 valence electrons. The Labute approximate surface area is 115 Å². The Bertz CT molecular complexity index is 324. The van der Waals surface area contributed by atoms with Gasteiger partial charge in [0.15, 0.2) is 0 Å². The number of aliphatic hydroxyl groups is 1. The van der Waals surface area contributed by atoms with Crippen molar-refractivity contribution >= 4 is 5.91 Å². The van der Waals surface area contributed by atoms with E-state index in [2.05, 4.69) is 0 Å². The monoisotopic (exact) mass is 270 g/mol. The number of carbonyl (C=O) groups is 1. The van der Waals surface area contributed by atoms with Gasteiger partial charge in [-0.1, -0.05) is 12.8 Å². The third-order valence-electron chi connectivity index (χ3n) is 4.69. The van der Waals surface area contributed by atoms with Crippen LogP contribution in [0.2, 0.25) is 0 Å². The van der Waals surface area contributed by atoms with E-state index in [1.807, 2.05) is 4.90 Å². The number of rotatable bonds is 4. The van der Waals surface area contributed by atoms with E-state index in [0.717, 1.165) is 25.7 Å². The van der Waals surface area contributed by atoms with E-state index in [1.165, 1.54) is 0 Å². The Morgan fingerprint density at radius 1 is 1.53 bits per heavy atom. The molecule has 1 aliphatic carbocycles. The number of amides is 1. The molecule has 1 saturated carbocycles. The van der Waals surface area contributed by atoms with Crippen molar-refractivity contribution in [3.63, 3.8) is 0 Å². The van der Waals surface area contributed by atoms with E-state index >= 15 is 0 Å². The third-order valence-corrected chi connectivity index (χ3v) is 4.69. The first-order valence-corrected chi connectivity index (χ1v) is 7.32. The molecule has 0 aromatic heterocycles. The Morgan fingerprint density at radius 2 is 2.32 bits per heavy atom. The van der Waals surface area contributed by atoms with E-state index in [4.69, 9.17) is 10.5 Å². The quantitative estimate of drug-likeness (QED) is 0.780. The number of methoxy groups -OCH3 is 1. The minimum absolute atomic E-state index is 0.00433. The molecule has 5 heteroatoms. The van der Waals surface area contributed by atoms with E-state index in [9.17, 15) is 9.90 Å². The van der Waals surface area contributed by atoms with Crippen LogP contribution in [0.5, 0.6) is 0 Å². The third kappa shape index (κ3) is 3.27. The van der Waals surface area contributed by atoms with Crippen LogP contribution in [0.15, 0.2) is 0 Å². The predicted octanol–water partition coefficient (Wildman–Crippen LogP) is 0.504. The normalized spacial score (nSPS) is 32.8. The Kier molecular flexibility index (Phi) is 4.81. The highest BCUT2D eigenvalue weighted by atomic mass is 16.5. The van der Waals surface area contributed by atoms with Crippen LogP contribution in [0.25, 0.3) is 0 Å². The molecule has 0 spiro atoms. The summed E-state index contributed by atoms with van der Waals surface area (Å²) in [6.45, 7) is 1.80. The van der Waals surface area contributed by atoms with Gasteiger partial charge < -0.3 is 20.5 Å². The van der Waals surface area contributed by atoms with Gasteiger partial charge in [0.1, 0.15) is 0 Å². The highest BCUT2D eigenvalue weighted by Gasteiger charge is 2.44. The van der Waals surface area contributed by atoms with Gasteiger partial charge in [0.2, 0.25) is 5.91 Å². The molecule has 1 amide bonds. The minimum atomic E-state index is -0.536. The molecule has 5 nitrogen and oxygen atoms in total. The fraction of sp³-hybridized carbons (Fsp3) is 0.929. The van der Waals surface area contributed by atoms with Crippen LogP contribution in [0.1, 0.15) is 38.5 Å². The van der Waals surface area contributed by atoms with Crippen molar-refractivity contribution < 1.29 is 14.6 Å². The number of nitrogens with zero attached hydrogens (tertiary/aromatic N) is 1. The lowest BCUT2D eigenvalue weighted by Gasteiger charge is -2.47. The van der Waals surface area contributed by atoms with Gasteiger partial charge in [-0.25, -0.2) is 0 Å². The lowest BCUT2D eigenvalue weighted by Crippen LogP contribution is -2.57. The summed E-state index contributed by atoms with van der Waals surface area (Å²) in [5, 5.41) is 10.6. The van der Waals surface area contributed by atoms with Crippen molar-refractivity contribution in [3.8, 4) is 0 Å². The van der Waals surface area contributed by atoms with Crippen molar-refractivity contribution in [1.82, 2.24) is 4.90 Å². The molecule has 2 aliphatic rings. The second-order valence-corrected chi connectivity index (χ2v) is 5.97. The van der Waals surface area contributed by atoms with E-state index < -0.39 is 11.6 Å². The number of hydrogen-bond donors (Lipinski definition) is 2. The first kappa shape index (κ1) is 14.8. The molecular formula is C14H26N2O3. The maximum atomic E-state index is 12.2. The number of likely N-dealkylation sites (tertiary alicyclic amines) is 1. The van der Waals surface area contributed by atoms with Crippen LogP contribution in [-0.4, -0.2) is 54.4 Å². The van der Waals surface area contributed by atoms with Gasteiger partial charge in [0.05, 0.1) is 11.6 Å². The second-order valence-electron chi connectivity index (χ2n) is 5.97. The highest BCUT2D eigenvalue weighted by Crippen LogP contribution is 2.39. The molecule has 3 unspecified atom stereocenters. The minimum Gasteiger partial charge on any atom is -0.389 e. The van der Waals surface area contributed by atoms with Crippen LogP contribution in [-0.2, 0) is 9.53 Å².